The Bertz CT molecular complexity index is 1090. The highest BCUT2D eigenvalue weighted by atomic mass is 31.2. The molecule has 2 fully saturated rings. The molecule has 11 heteroatoms. The zero-order valence-corrected chi connectivity index (χ0v) is 22.6. The Hall–Kier alpha value is -2.91. The highest BCUT2D eigenvalue weighted by Gasteiger charge is 2.56. The summed E-state index contributed by atoms with van der Waals surface area (Å²) in [5.74, 6) is -0.506. The average Bonchev–Trinajstić information content (AvgIpc) is 3.33. The van der Waals surface area contributed by atoms with Crippen LogP contribution in [0.1, 0.15) is 13.8 Å². The van der Waals surface area contributed by atoms with Gasteiger partial charge in [0, 0.05) is 27.7 Å². The molecule has 0 N–H and O–H groups in total. The quantitative estimate of drug-likeness (QED) is 0.260. The van der Waals surface area contributed by atoms with Crippen LogP contribution in [0.15, 0.2) is 65.7 Å². The number of hydrogen-bond acceptors (Lipinski definition) is 8. The Labute approximate surface area is 217 Å². The van der Waals surface area contributed by atoms with E-state index in [0.29, 0.717) is 11.5 Å². The first kappa shape index (κ1) is 27.1. The predicted octanol–water partition coefficient (Wildman–Crippen LogP) is 3.63. The molecule has 0 spiro atoms. The van der Waals surface area contributed by atoms with Crippen molar-refractivity contribution in [2.45, 2.75) is 44.2 Å². The first-order valence-corrected chi connectivity index (χ1v) is 13.8. The summed E-state index contributed by atoms with van der Waals surface area (Å²) in [6, 6.07) is 17.3. The topological polar surface area (TPSA) is 99.1 Å². The van der Waals surface area contributed by atoms with Crippen LogP contribution in [0.3, 0.4) is 0 Å². The average molecular weight is 532 g/mol. The molecule has 0 bridgehead atoms. The van der Waals surface area contributed by atoms with E-state index in [-0.39, 0.29) is 12.6 Å². The van der Waals surface area contributed by atoms with Gasteiger partial charge in [0.1, 0.15) is 29.8 Å². The maximum atomic E-state index is 13.8. The Morgan fingerprint density at radius 3 is 2.08 bits per heavy atom. The van der Waals surface area contributed by atoms with Gasteiger partial charge in [-0.15, -0.1) is 0 Å². The molecular formula is C26H34N3O7P. The third-order valence-electron chi connectivity index (χ3n) is 6.01. The number of ether oxygens (including phenoxy) is 3. The minimum Gasteiger partial charge on any atom is -0.416 e. The molecule has 0 radical (unpaired) electrons. The zero-order valence-electron chi connectivity index (χ0n) is 21.7. The van der Waals surface area contributed by atoms with Gasteiger partial charge in [0.15, 0.2) is 18.2 Å². The fourth-order valence-corrected chi connectivity index (χ4v) is 6.03. The highest BCUT2D eigenvalue weighted by molar-refractivity contribution is 7.55. The van der Waals surface area contributed by atoms with Gasteiger partial charge in [0.2, 0.25) is 5.91 Å². The van der Waals surface area contributed by atoms with E-state index in [4.69, 9.17) is 23.3 Å². The Morgan fingerprint density at radius 1 is 1.00 bits per heavy atom. The normalized spacial score (nSPS) is 24.6. The number of amides is 1. The van der Waals surface area contributed by atoms with Crippen LogP contribution in [0.4, 0.5) is 0 Å². The Balaban J connectivity index is 1.47. The van der Waals surface area contributed by atoms with E-state index >= 15 is 0 Å². The third kappa shape index (κ3) is 6.70. The van der Waals surface area contributed by atoms with Crippen LogP contribution in [0, 0.1) is 0 Å². The van der Waals surface area contributed by atoms with Crippen molar-refractivity contribution >= 4 is 19.8 Å². The van der Waals surface area contributed by atoms with Gasteiger partial charge >= 0.3 is 7.60 Å². The van der Waals surface area contributed by atoms with Gasteiger partial charge in [-0.1, -0.05) is 36.4 Å². The lowest BCUT2D eigenvalue weighted by molar-refractivity contribution is -0.199. The molecule has 4 atom stereocenters. The lowest BCUT2D eigenvalue weighted by atomic mass is 10.1. The van der Waals surface area contributed by atoms with E-state index in [1.54, 1.807) is 69.0 Å². The standard InChI is InChI=1S/C26H34N3O7P/c1-26(2)33-23-21(32-25(24(23)34-26)29(5)18-27-3)16-28(4)22(30)17-37(31,35-19-12-8-6-9-13-19)36-20-14-10-7-11-15-20/h6-15,18,21,23-25H,16-17H2,1-5H3/b27-18-/t21-,23-,24-,25-/m1/s1. The molecule has 10 nitrogen and oxygen atoms in total. The molecule has 2 aliphatic heterocycles. The van der Waals surface area contributed by atoms with Crippen LogP contribution in [-0.4, -0.2) is 86.2 Å². The highest BCUT2D eigenvalue weighted by Crippen LogP contribution is 2.48. The maximum Gasteiger partial charge on any atom is 0.440 e. The van der Waals surface area contributed by atoms with Gasteiger partial charge in [-0.2, -0.15) is 0 Å². The van der Waals surface area contributed by atoms with E-state index in [9.17, 15) is 9.36 Å². The number of nitrogens with zero attached hydrogens (tertiary/aromatic N) is 3. The summed E-state index contributed by atoms with van der Waals surface area (Å²) >= 11 is 0. The molecule has 4 rings (SSSR count). The van der Waals surface area contributed by atoms with Crippen molar-refractivity contribution in [3.63, 3.8) is 0 Å². The monoisotopic (exact) mass is 531 g/mol. The van der Waals surface area contributed by atoms with Crippen LogP contribution in [0.25, 0.3) is 0 Å². The molecule has 0 aliphatic carbocycles. The summed E-state index contributed by atoms with van der Waals surface area (Å²) in [4.78, 5) is 20.6. The number of fused-ring (bicyclic) bond motifs is 1. The first-order chi connectivity index (χ1) is 17.6. The van der Waals surface area contributed by atoms with Gasteiger partial charge < -0.3 is 33.1 Å². The molecular weight excluding hydrogens is 497 g/mol. The molecule has 200 valence electrons. The minimum atomic E-state index is -3.91. The van der Waals surface area contributed by atoms with Gasteiger partial charge in [0.25, 0.3) is 0 Å². The second kappa shape index (κ2) is 11.2. The van der Waals surface area contributed by atoms with Gasteiger partial charge in [-0.3, -0.25) is 9.79 Å². The van der Waals surface area contributed by atoms with Crippen molar-refractivity contribution < 1.29 is 32.6 Å². The third-order valence-corrected chi connectivity index (χ3v) is 7.64. The molecule has 1 amide bonds. The molecule has 0 saturated carbocycles. The fourth-order valence-electron chi connectivity index (χ4n) is 4.41. The zero-order chi connectivity index (χ0) is 26.6. The molecule has 2 saturated heterocycles. The molecule has 0 unspecified atom stereocenters. The van der Waals surface area contributed by atoms with Crippen molar-refractivity contribution in [1.82, 2.24) is 9.80 Å². The molecule has 2 aliphatic rings. The second-order valence-electron chi connectivity index (χ2n) is 9.52. The van der Waals surface area contributed by atoms with Gasteiger partial charge in [-0.25, -0.2) is 4.57 Å². The van der Waals surface area contributed by atoms with Crippen LogP contribution >= 0.6 is 7.60 Å². The van der Waals surface area contributed by atoms with Crippen molar-refractivity contribution in [3.8, 4) is 11.5 Å². The predicted molar refractivity (Wildman–Crippen MR) is 139 cm³/mol. The number of carbonyl (C=O) groups excluding carboxylic acids is 1. The van der Waals surface area contributed by atoms with E-state index in [1.165, 1.54) is 4.90 Å². The van der Waals surface area contributed by atoms with Gasteiger partial charge in [0.05, 0.1) is 6.34 Å². The minimum absolute atomic E-state index is 0.198. The van der Waals surface area contributed by atoms with Crippen molar-refractivity contribution in [3.05, 3.63) is 60.7 Å². The van der Waals surface area contributed by atoms with E-state index in [0.717, 1.165) is 0 Å². The lowest BCUT2D eigenvalue weighted by Crippen LogP contribution is -2.42. The number of para-hydroxylation sites is 2. The van der Waals surface area contributed by atoms with Crippen molar-refractivity contribution in [1.29, 1.82) is 0 Å². The lowest BCUT2D eigenvalue weighted by Gasteiger charge is -2.29. The van der Waals surface area contributed by atoms with Crippen LogP contribution in [0.2, 0.25) is 0 Å². The molecule has 37 heavy (non-hydrogen) atoms. The van der Waals surface area contributed by atoms with E-state index in [1.807, 2.05) is 37.9 Å². The summed E-state index contributed by atoms with van der Waals surface area (Å²) in [5, 5.41) is 0. The molecule has 2 heterocycles. The summed E-state index contributed by atoms with van der Waals surface area (Å²) in [6.07, 6.45) is -0.453. The van der Waals surface area contributed by atoms with Crippen LogP contribution < -0.4 is 9.05 Å². The summed E-state index contributed by atoms with van der Waals surface area (Å²) in [7, 11) is 1.24. The first-order valence-electron chi connectivity index (χ1n) is 12.1. The Kier molecular flexibility index (Phi) is 8.23. The number of carbonyl (C=O) groups is 1. The summed E-state index contributed by atoms with van der Waals surface area (Å²) in [6.45, 7) is 3.89. The van der Waals surface area contributed by atoms with E-state index < -0.39 is 43.9 Å². The largest absolute Gasteiger partial charge is 0.440 e. The Morgan fingerprint density at radius 2 is 1.54 bits per heavy atom. The van der Waals surface area contributed by atoms with E-state index in [2.05, 4.69) is 4.99 Å². The van der Waals surface area contributed by atoms with Crippen LogP contribution in [-0.2, 0) is 23.6 Å². The fraction of sp³-hybridized carbons (Fsp3) is 0.462. The molecule has 0 aromatic heterocycles. The number of rotatable bonds is 10. The van der Waals surface area contributed by atoms with Crippen LogP contribution in [0.5, 0.6) is 11.5 Å². The molecule has 2 aromatic rings. The smallest absolute Gasteiger partial charge is 0.416 e. The SMILES string of the molecule is C/N=C\N(C)[C@@H]1O[C@H](CN(C)C(=O)CP(=O)(Oc2ccccc2)Oc2ccccc2)[C@H]2OC(C)(C)O[C@H]21. The number of benzene rings is 2. The molecule has 2 aromatic carbocycles. The summed E-state index contributed by atoms with van der Waals surface area (Å²) < 4.78 is 43.8. The summed E-state index contributed by atoms with van der Waals surface area (Å²) in [5.41, 5.74) is 0. The second-order valence-corrected chi connectivity index (χ2v) is 11.4. The maximum absolute atomic E-state index is 13.8. The number of aliphatic imine (C=N–C) groups is 1. The number of likely N-dealkylation sites (N-methyl/N-ethyl adjacent to an activating group) is 2. The van der Waals surface area contributed by atoms with Crippen molar-refractivity contribution in [2.75, 3.05) is 33.8 Å². The van der Waals surface area contributed by atoms with Gasteiger partial charge in [-0.05, 0) is 38.1 Å². The van der Waals surface area contributed by atoms with Crippen molar-refractivity contribution in [2.24, 2.45) is 4.99 Å². The number of hydrogen-bond donors (Lipinski definition) is 0.